The molecule has 39 heavy (non-hydrogen) atoms. The van der Waals surface area contributed by atoms with Crippen molar-refractivity contribution < 1.29 is 9.47 Å². The number of benzene rings is 4. The van der Waals surface area contributed by atoms with Crippen LogP contribution in [0.25, 0.3) is 44.5 Å². The van der Waals surface area contributed by atoms with Crippen molar-refractivity contribution >= 4 is 0 Å². The molecule has 2 unspecified atom stereocenters. The molecule has 0 radical (unpaired) electrons. The van der Waals surface area contributed by atoms with Gasteiger partial charge in [0.05, 0.1) is 13.2 Å². The Morgan fingerprint density at radius 3 is 1.13 bits per heavy atom. The molecule has 2 nitrogen and oxygen atoms in total. The van der Waals surface area contributed by atoms with E-state index in [1.165, 1.54) is 61.2 Å². The first-order valence-electron chi connectivity index (χ1n) is 14.6. The third-order valence-electron chi connectivity index (χ3n) is 8.21. The van der Waals surface area contributed by atoms with Gasteiger partial charge in [-0.3, -0.25) is 0 Å². The van der Waals surface area contributed by atoms with Gasteiger partial charge in [-0.2, -0.15) is 0 Å². The molecule has 1 aliphatic rings. The molecule has 0 fully saturated rings. The zero-order valence-corrected chi connectivity index (χ0v) is 24.7. The van der Waals surface area contributed by atoms with E-state index >= 15 is 0 Å². The Bertz CT molecular complexity index is 1500. The Balaban J connectivity index is 1.82. The van der Waals surface area contributed by atoms with Crippen LogP contribution in [-0.2, 0) is 0 Å². The van der Waals surface area contributed by atoms with Gasteiger partial charge in [0.15, 0.2) is 11.5 Å². The highest BCUT2D eigenvalue weighted by molar-refractivity contribution is 6.04. The molecule has 0 saturated carbocycles. The number of rotatable bonds is 8. The van der Waals surface area contributed by atoms with Crippen molar-refractivity contribution in [2.24, 2.45) is 11.8 Å². The maximum absolute atomic E-state index is 6.51. The minimum atomic E-state index is 0.475. The molecule has 4 aromatic rings. The molecule has 0 amide bonds. The fourth-order valence-electron chi connectivity index (χ4n) is 5.28. The lowest BCUT2D eigenvalue weighted by atomic mass is 9.79. The number of hydrogen-bond acceptors (Lipinski definition) is 2. The predicted octanol–water partition coefficient (Wildman–Crippen LogP) is 10.4. The molecule has 0 heterocycles. The number of hydrogen-bond donors (Lipinski definition) is 0. The molecular weight excluding hydrogens is 476 g/mol. The largest absolute Gasteiger partial charge is 0.489 e. The summed E-state index contributed by atoms with van der Waals surface area (Å²) in [6, 6.07) is 25.0. The molecular formula is C37H42O2. The van der Waals surface area contributed by atoms with Crippen molar-refractivity contribution in [2.75, 3.05) is 13.2 Å². The Morgan fingerprint density at radius 2 is 0.769 bits per heavy atom. The first-order chi connectivity index (χ1) is 18.8. The quantitative estimate of drug-likeness (QED) is 0.203. The second-order valence-corrected chi connectivity index (χ2v) is 11.6. The minimum Gasteiger partial charge on any atom is -0.489 e. The molecule has 202 valence electrons. The minimum absolute atomic E-state index is 0.475. The Kier molecular flexibility index (Phi) is 7.84. The molecule has 4 aromatic carbocycles. The van der Waals surface area contributed by atoms with Gasteiger partial charge >= 0.3 is 0 Å². The fourth-order valence-corrected chi connectivity index (χ4v) is 5.28. The van der Waals surface area contributed by atoms with Crippen LogP contribution in [0.5, 0.6) is 11.5 Å². The Labute approximate surface area is 235 Å². The van der Waals surface area contributed by atoms with Crippen molar-refractivity contribution in [3.63, 3.8) is 0 Å². The van der Waals surface area contributed by atoms with Crippen LogP contribution in [0.2, 0.25) is 0 Å². The van der Waals surface area contributed by atoms with Crippen molar-refractivity contribution in [3.8, 4) is 56.0 Å². The van der Waals surface area contributed by atoms with Gasteiger partial charge in [0.25, 0.3) is 0 Å². The number of ether oxygens (including phenoxy) is 2. The average molecular weight is 519 g/mol. The van der Waals surface area contributed by atoms with Gasteiger partial charge in [0.2, 0.25) is 0 Å². The van der Waals surface area contributed by atoms with Crippen molar-refractivity contribution in [1.82, 2.24) is 0 Å². The molecule has 0 N–H and O–H groups in total. The summed E-state index contributed by atoms with van der Waals surface area (Å²) < 4.78 is 13.0. The highest BCUT2D eigenvalue weighted by Crippen LogP contribution is 2.51. The van der Waals surface area contributed by atoms with Gasteiger partial charge in [-0.1, -0.05) is 112 Å². The first kappa shape index (κ1) is 27.1. The van der Waals surface area contributed by atoms with Crippen LogP contribution in [0.3, 0.4) is 0 Å². The number of fused-ring (bicyclic) bond motifs is 8. The van der Waals surface area contributed by atoms with E-state index in [0.29, 0.717) is 25.0 Å². The summed E-state index contributed by atoms with van der Waals surface area (Å²) in [4.78, 5) is 0. The van der Waals surface area contributed by atoms with Crippen LogP contribution in [0.15, 0.2) is 66.7 Å². The summed E-state index contributed by atoms with van der Waals surface area (Å²) in [5.74, 6) is 2.62. The summed E-state index contributed by atoms with van der Waals surface area (Å²) in [5, 5.41) is 0. The molecule has 2 atom stereocenters. The third kappa shape index (κ3) is 5.48. The second-order valence-electron chi connectivity index (χ2n) is 11.6. The van der Waals surface area contributed by atoms with E-state index in [-0.39, 0.29) is 0 Å². The van der Waals surface area contributed by atoms with E-state index in [2.05, 4.69) is 115 Å². The van der Waals surface area contributed by atoms with E-state index in [0.717, 1.165) is 24.3 Å². The van der Waals surface area contributed by atoms with Crippen LogP contribution < -0.4 is 9.47 Å². The first-order valence-corrected chi connectivity index (χ1v) is 14.6. The van der Waals surface area contributed by atoms with Crippen molar-refractivity contribution in [3.05, 3.63) is 83.4 Å². The maximum atomic E-state index is 6.51. The molecule has 0 saturated heterocycles. The van der Waals surface area contributed by atoms with E-state index in [9.17, 15) is 0 Å². The Morgan fingerprint density at radius 1 is 0.462 bits per heavy atom. The highest BCUT2D eigenvalue weighted by Gasteiger charge is 2.25. The normalized spacial score (nSPS) is 13.2. The maximum Gasteiger partial charge on any atom is 0.161 e. The molecule has 1 aliphatic carbocycles. The Hall–Kier alpha value is -3.52. The summed E-state index contributed by atoms with van der Waals surface area (Å²) in [5.41, 5.74) is 13.7. The number of aryl methyl sites for hydroxylation is 3. The highest BCUT2D eigenvalue weighted by atomic mass is 16.5. The zero-order valence-electron chi connectivity index (χ0n) is 24.7. The molecule has 0 bridgehead atoms. The summed E-state index contributed by atoms with van der Waals surface area (Å²) in [7, 11) is 0. The zero-order chi connectivity index (χ0) is 27.7. The van der Waals surface area contributed by atoms with Crippen LogP contribution in [-0.4, -0.2) is 13.2 Å². The van der Waals surface area contributed by atoms with Gasteiger partial charge in [0.1, 0.15) is 0 Å². The van der Waals surface area contributed by atoms with E-state index in [1.807, 2.05) is 0 Å². The van der Waals surface area contributed by atoms with Gasteiger partial charge in [-0.15, -0.1) is 0 Å². The fraction of sp³-hybridized carbons (Fsp3) is 0.351. The summed E-state index contributed by atoms with van der Waals surface area (Å²) in [6.07, 6.45) is 2.16. The molecule has 0 spiro atoms. The van der Waals surface area contributed by atoms with Crippen molar-refractivity contribution in [2.45, 2.75) is 61.3 Å². The molecule has 0 aliphatic heterocycles. The lowest BCUT2D eigenvalue weighted by molar-refractivity contribution is 0.218. The average Bonchev–Trinajstić information content (AvgIpc) is 2.94. The third-order valence-corrected chi connectivity index (χ3v) is 8.21. The predicted molar refractivity (Wildman–Crippen MR) is 166 cm³/mol. The van der Waals surface area contributed by atoms with E-state index in [4.69, 9.17) is 9.47 Å². The standard InChI is InChI=1S/C37H42O2/c1-8-23(3)21-38-36-19-34-30-15-12-27(7)18-33(30)31-16-25(5)10-13-28(31)29-14-11-26(6)17-32(29)35(34)20-37(36)39-22-24(4)9-2/h10-20,23-24H,8-9,21-22H2,1-7H3. The summed E-state index contributed by atoms with van der Waals surface area (Å²) in [6.45, 7) is 16.8. The van der Waals surface area contributed by atoms with Crippen LogP contribution in [0, 0.1) is 32.6 Å². The van der Waals surface area contributed by atoms with Gasteiger partial charge in [0, 0.05) is 0 Å². The van der Waals surface area contributed by atoms with Crippen LogP contribution in [0.1, 0.15) is 57.2 Å². The monoisotopic (exact) mass is 518 g/mol. The topological polar surface area (TPSA) is 18.5 Å². The van der Waals surface area contributed by atoms with Crippen molar-refractivity contribution in [1.29, 1.82) is 0 Å². The van der Waals surface area contributed by atoms with E-state index < -0.39 is 0 Å². The molecule has 0 aromatic heterocycles. The SMILES string of the molecule is CCC(C)COc1cc2c(cc1OCC(C)CC)-c1cc(C)ccc1-c1ccc(C)cc1-c1cc(C)ccc1-2. The molecule has 5 rings (SSSR count). The van der Waals surface area contributed by atoms with E-state index in [1.54, 1.807) is 0 Å². The van der Waals surface area contributed by atoms with Gasteiger partial charge in [-0.25, -0.2) is 0 Å². The smallest absolute Gasteiger partial charge is 0.161 e. The van der Waals surface area contributed by atoms with Gasteiger partial charge in [-0.05, 0) is 89.2 Å². The lowest BCUT2D eigenvalue weighted by Gasteiger charge is -2.26. The van der Waals surface area contributed by atoms with Crippen LogP contribution >= 0.6 is 0 Å². The lowest BCUT2D eigenvalue weighted by Crippen LogP contribution is -2.11. The second kappa shape index (κ2) is 11.3. The summed E-state index contributed by atoms with van der Waals surface area (Å²) >= 11 is 0. The van der Waals surface area contributed by atoms with Crippen LogP contribution in [0.4, 0.5) is 0 Å². The molecule has 2 heteroatoms. The van der Waals surface area contributed by atoms with Gasteiger partial charge < -0.3 is 9.47 Å².